The number of benzene rings is 1. The molecule has 1 aliphatic rings. The molecule has 1 aliphatic carbocycles. The first-order valence-electron chi connectivity index (χ1n) is 7.42. The van der Waals surface area contributed by atoms with Gasteiger partial charge in [-0.05, 0) is 42.9 Å². The van der Waals surface area contributed by atoms with Crippen LogP contribution < -0.4 is 0 Å². The third-order valence-corrected chi connectivity index (χ3v) is 4.54. The van der Waals surface area contributed by atoms with E-state index in [1.807, 2.05) is 0 Å². The lowest BCUT2D eigenvalue weighted by Gasteiger charge is -2.20. The van der Waals surface area contributed by atoms with Crippen molar-refractivity contribution in [3.8, 4) is 0 Å². The lowest BCUT2D eigenvalue weighted by Crippen LogP contribution is -2.08. The summed E-state index contributed by atoms with van der Waals surface area (Å²) >= 11 is 0. The zero-order chi connectivity index (χ0) is 13.0. The van der Waals surface area contributed by atoms with Crippen LogP contribution in [0.5, 0.6) is 0 Å². The quantitative estimate of drug-likeness (QED) is 0.767. The fourth-order valence-corrected chi connectivity index (χ4v) is 3.18. The highest BCUT2D eigenvalue weighted by atomic mass is 16.3. The van der Waals surface area contributed by atoms with Crippen molar-refractivity contribution < 1.29 is 5.11 Å². The summed E-state index contributed by atoms with van der Waals surface area (Å²) < 4.78 is 0. The van der Waals surface area contributed by atoms with Crippen molar-refractivity contribution in [2.24, 2.45) is 5.92 Å². The Hall–Kier alpha value is -0.820. The average Bonchev–Trinajstić information content (AvgIpc) is 2.61. The van der Waals surface area contributed by atoms with E-state index in [0.717, 1.165) is 17.9 Å². The number of aryl methyl sites for hydroxylation is 1. The van der Waals surface area contributed by atoms with Crippen molar-refractivity contribution in [3.05, 3.63) is 34.9 Å². The number of aliphatic hydroxyl groups is 1. The van der Waals surface area contributed by atoms with E-state index in [1.165, 1.54) is 49.7 Å². The molecule has 0 amide bonds. The molecule has 1 N–H and O–H groups in total. The van der Waals surface area contributed by atoms with Gasteiger partial charge in [-0.25, -0.2) is 0 Å². The maximum Gasteiger partial charge on any atom is 0.0795 e. The second kappa shape index (κ2) is 6.38. The highest BCUT2D eigenvalue weighted by Gasteiger charge is 2.19. The minimum Gasteiger partial charge on any atom is -0.388 e. The van der Waals surface area contributed by atoms with Crippen molar-refractivity contribution in [1.29, 1.82) is 0 Å². The molecule has 1 fully saturated rings. The van der Waals surface area contributed by atoms with E-state index < -0.39 is 0 Å². The summed E-state index contributed by atoms with van der Waals surface area (Å²) in [6.45, 7) is 4.25. The van der Waals surface area contributed by atoms with Gasteiger partial charge in [0.05, 0.1) is 6.10 Å². The summed E-state index contributed by atoms with van der Waals surface area (Å²) in [5.74, 6) is 0.724. The Morgan fingerprint density at radius 2 is 1.78 bits per heavy atom. The predicted octanol–water partition coefficient (Wildman–Crippen LogP) is 4.70. The van der Waals surface area contributed by atoms with Gasteiger partial charge in [-0.2, -0.15) is 0 Å². The van der Waals surface area contributed by atoms with E-state index in [2.05, 4.69) is 32.0 Å². The molecule has 0 aromatic heterocycles. The molecule has 1 unspecified atom stereocenters. The summed E-state index contributed by atoms with van der Waals surface area (Å²) in [7, 11) is 0. The summed E-state index contributed by atoms with van der Waals surface area (Å²) in [5, 5.41) is 10.5. The number of rotatable bonds is 3. The van der Waals surface area contributed by atoms with E-state index >= 15 is 0 Å². The maximum atomic E-state index is 10.5. The van der Waals surface area contributed by atoms with Gasteiger partial charge in [0, 0.05) is 0 Å². The first kappa shape index (κ1) is 13.6. The molecule has 18 heavy (non-hydrogen) atoms. The zero-order valence-corrected chi connectivity index (χ0v) is 11.8. The van der Waals surface area contributed by atoms with Crippen molar-refractivity contribution >= 4 is 0 Å². The average molecular weight is 246 g/mol. The highest BCUT2D eigenvalue weighted by molar-refractivity contribution is 5.34. The molecule has 0 saturated heterocycles. The largest absolute Gasteiger partial charge is 0.388 e. The molecule has 1 aromatic carbocycles. The SMILES string of the molecule is Cc1cccc(C(O)CC2CCCCCC2)c1C. The van der Waals surface area contributed by atoms with Crippen LogP contribution in [0, 0.1) is 19.8 Å². The van der Waals surface area contributed by atoms with Gasteiger partial charge < -0.3 is 5.11 Å². The summed E-state index contributed by atoms with van der Waals surface area (Å²) in [5.41, 5.74) is 3.69. The van der Waals surface area contributed by atoms with E-state index in [4.69, 9.17) is 0 Å². The van der Waals surface area contributed by atoms with Crippen LogP contribution in [0.4, 0.5) is 0 Å². The third kappa shape index (κ3) is 3.35. The van der Waals surface area contributed by atoms with Gasteiger partial charge >= 0.3 is 0 Å². The molecule has 1 aromatic rings. The molecule has 1 nitrogen and oxygen atoms in total. The van der Waals surface area contributed by atoms with Crippen molar-refractivity contribution in [1.82, 2.24) is 0 Å². The van der Waals surface area contributed by atoms with E-state index in [0.29, 0.717) is 0 Å². The zero-order valence-electron chi connectivity index (χ0n) is 11.8. The van der Waals surface area contributed by atoms with Crippen LogP contribution in [0.2, 0.25) is 0 Å². The number of aliphatic hydroxyl groups excluding tert-OH is 1. The van der Waals surface area contributed by atoms with Crippen LogP contribution >= 0.6 is 0 Å². The molecule has 0 radical (unpaired) electrons. The van der Waals surface area contributed by atoms with E-state index in [9.17, 15) is 5.11 Å². The van der Waals surface area contributed by atoms with Gasteiger partial charge in [0.15, 0.2) is 0 Å². The molecule has 1 heteroatoms. The monoisotopic (exact) mass is 246 g/mol. The Labute approximate surface area is 111 Å². The Morgan fingerprint density at radius 1 is 1.11 bits per heavy atom. The minimum absolute atomic E-state index is 0.270. The molecule has 0 spiro atoms. The van der Waals surface area contributed by atoms with Crippen LogP contribution in [0.25, 0.3) is 0 Å². The van der Waals surface area contributed by atoms with Gasteiger partial charge in [-0.1, -0.05) is 56.7 Å². The molecule has 2 rings (SSSR count). The first-order chi connectivity index (χ1) is 8.68. The van der Waals surface area contributed by atoms with Crippen LogP contribution in [0.15, 0.2) is 18.2 Å². The summed E-state index contributed by atoms with van der Waals surface area (Å²) in [6.07, 6.45) is 8.77. The summed E-state index contributed by atoms with van der Waals surface area (Å²) in [6, 6.07) is 6.27. The van der Waals surface area contributed by atoms with Gasteiger partial charge in [0.2, 0.25) is 0 Å². The molecule has 100 valence electrons. The lowest BCUT2D eigenvalue weighted by molar-refractivity contribution is 0.138. The highest BCUT2D eigenvalue weighted by Crippen LogP contribution is 2.32. The third-order valence-electron chi connectivity index (χ3n) is 4.54. The Balaban J connectivity index is 2.02. The first-order valence-corrected chi connectivity index (χ1v) is 7.42. The molecular weight excluding hydrogens is 220 g/mol. The molecule has 0 heterocycles. The fraction of sp³-hybridized carbons (Fsp3) is 0.647. The smallest absolute Gasteiger partial charge is 0.0795 e. The van der Waals surface area contributed by atoms with E-state index in [-0.39, 0.29) is 6.10 Å². The van der Waals surface area contributed by atoms with Crippen molar-refractivity contribution in [3.63, 3.8) is 0 Å². The Morgan fingerprint density at radius 3 is 2.44 bits per heavy atom. The Kier molecular flexibility index (Phi) is 4.82. The number of hydrogen-bond acceptors (Lipinski definition) is 1. The molecule has 1 saturated carbocycles. The van der Waals surface area contributed by atoms with Gasteiger partial charge in [0.25, 0.3) is 0 Å². The standard InChI is InChI=1S/C17H26O/c1-13-8-7-11-16(14(13)2)17(18)12-15-9-5-3-4-6-10-15/h7-8,11,15,17-18H,3-6,9-10,12H2,1-2H3. The van der Waals surface area contributed by atoms with Gasteiger partial charge in [0.1, 0.15) is 0 Å². The second-order valence-corrected chi connectivity index (χ2v) is 5.90. The second-order valence-electron chi connectivity index (χ2n) is 5.90. The summed E-state index contributed by atoms with van der Waals surface area (Å²) in [4.78, 5) is 0. The van der Waals surface area contributed by atoms with Crippen LogP contribution in [0.1, 0.15) is 67.7 Å². The molecular formula is C17H26O. The number of hydrogen-bond donors (Lipinski definition) is 1. The predicted molar refractivity (Wildman–Crippen MR) is 76.7 cm³/mol. The molecule has 0 aliphatic heterocycles. The normalized spacial score (nSPS) is 19.5. The lowest BCUT2D eigenvalue weighted by atomic mass is 9.89. The topological polar surface area (TPSA) is 20.2 Å². The molecule has 0 bridgehead atoms. The van der Waals surface area contributed by atoms with Crippen LogP contribution in [0.3, 0.4) is 0 Å². The van der Waals surface area contributed by atoms with Crippen LogP contribution in [-0.2, 0) is 0 Å². The minimum atomic E-state index is -0.270. The fourth-order valence-electron chi connectivity index (χ4n) is 3.18. The van der Waals surface area contributed by atoms with Crippen molar-refractivity contribution in [2.45, 2.75) is 64.9 Å². The van der Waals surface area contributed by atoms with Crippen LogP contribution in [-0.4, -0.2) is 5.11 Å². The maximum absolute atomic E-state index is 10.5. The van der Waals surface area contributed by atoms with Crippen molar-refractivity contribution in [2.75, 3.05) is 0 Å². The Bertz CT molecular complexity index is 375. The molecule has 1 atom stereocenters. The van der Waals surface area contributed by atoms with Gasteiger partial charge in [-0.15, -0.1) is 0 Å². The van der Waals surface area contributed by atoms with E-state index in [1.54, 1.807) is 0 Å². The van der Waals surface area contributed by atoms with Gasteiger partial charge in [-0.3, -0.25) is 0 Å².